The van der Waals surface area contributed by atoms with Crippen LogP contribution in [-0.4, -0.2) is 25.2 Å². The summed E-state index contributed by atoms with van der Waals surface area (Å²) in [4.78, 5) is 0. The van der Waals surface area contributed by atoms with Gasteiger partial charge in [0.2, 0.25) is 0 Å². The maximum absolute atomic E-state index is 3.83. The molecule has 0 spiro atoms. The lowest BCUT2D eigenvalue weighted by Crippen LogP contribution is -2.52. The molecular weight excluding hydrogens is 124 g/mol. The van der Waals surface area contributed by atoms with E-state index in [4.69, 9.17) is 0 Å². The van der Waals surface area contributed by atoms with Crippen molar-refractivity contribution in [3.8, 4) is 0 Å². The summed E-state index contributed by atoms with van der Waals surface area (Å²) in [7, 11) is 0. The number of piperazine rings is 1. The summed E-state index contributed by atoms with van der Waals surface area (Å²) < 4.78 is 0. The minimum absolute atomic E-state index is 0.640. The molecule has 2 nitrogen and oxygen atoms in total. The van der Waals surface area contributed by atoms with Crippen molar-refractivity contribution in [1.82, 2.24) is 10.6 Å². The maximum atomic E-state index is 3.83. The fourth-order valence-corrected chi connectivity index (χ4v) is 1.28. The van der Waals surface area contributed by atoms with E-state index in [1.165, 1.54) is 6.42 Å². The van der Waals surface area contributed by atoms with Gasteiger partial charge in [-0.05, 0) is 13.3 Å². The zero-order valence-electron chi connectivity index (χ0n) is 6.69. The van der Waals surface area contributed by atoms with E-state index in [9.17, 15) is 0 Å². The Balaban J connectivity index is 2.13. The van der Waals surface area contributed by atoms with Gasteiger partial charge in [0.05, 0.1) is 0 Å². The Kier molecular flexibility index (Phi) is 3.16. The lowest BCUT2D eigenvalue weighted by Gasteiger charge is -2.28. The Morgan fingerprint density at radius 2 is 2.20 bits per heavy atom. The van der Waals surface area contributed by atoms with Crippen molar-refractivity contribution in [3.05, 3.63) is 6.92 Å². The molecule has 2 N–H and O–H groups in total. The summed E-state index contributed by atoms with van der Waals surface area (Å²) in [6.45, 7) is 8.24. The fourth-order valence-electron chi connectivity index (χ4n) is 1.28. The van der Waals surface area contributed by atoms with E-state index >= 15 is 0 Å². The van der Waals surface area contributed by atoms with E-state index in [0.29, 0.717) is 12.1 Å². The second-order valence-electron chi connectivity index (χ2n) is 3.06. The Labute approximate surface area is 63.4 Å². The summed E-state index contributed by atoms with van der Waals surface area (Å²) in [6.07, 6.45) is 2.23. The molecule has 1 aliphatic rings. The van der Waals surface area contributed by atoms with Gasteiger partial charge in [-0.15, -0.1) is 0 Å². The van der Waals surface area contributed by atoms with Gasteiger partial charge in [-0.2, -0.15) is 0 Å². The molecule has 1 aliphatic heterocycles. The van der Waals surface area contributed by atoms with Crippen molar-refractivity contribution in [2.75, 3.05) is 13.1 Å². The number of hydrogen-bond donors (Lipinski definition) is 2. The Bertz CT molecular complexity index is 85.3. The number of nitrogens with one attached hydrogen (secondary N) is 2. The quantitative estimate of drug-likeness (QED) is 0.587. The summed E-state index contributed by atoms with van der Waals surface area (Å²) in [5.41, 5.74) is 0. The maximum Gasteiger partial charge on any atom is 0.0193 e. The minimum Gasteiger partial charge on any atom is -0.311 e. The molecular formula is C8H17N2. The summed E-state index contributed by atoms with van der Waals surface area (Å²) >= 11 is 0. The molecule has 0 saturated carbocycles. The lowest BCUT2D eigenvalue weighted by atomic mass is 10.1. The smallest absolute Gasteiger partial charge is 0.0193 e. The standard InChI is InChI=1S/C8H17N2/c1-3-4-8-6-9-7(2)5-10-8/h7-10H,1,3-6H2,2H3. The summed E-state index contributed by atoms with van der Waals surface area (Å²) in [5.74, 6) is 0. The molecule has 0 aromatic rings. The Morgan fingerprint density at radius 1 is 1.40 bits per heavy atom. The zero-order chi connectivity index (χ0) is 7.40. The molecule has 0 bridgehead atoms. The first-order chi connectivity index (χ1) is 4.83. The van der Waals surface area contributed by atoms with Crippen LogP contribution in [0.5, 0.6) is 0 Å². The van der Waals surface area contributed by atoms with Crippen LogP contribution < -0.4 is 10.6 Å². The minimum atomic E-state index is 0.640. The van der Waals surface area contributed by atoms with E-state index < -0.39 is 0 Å². The molecule has 1 heterocycles. The first-order valence-corrected chi connectivity index (χ1v) is 4.09. The van der Waals surface area contributed by atoms with Gasteiger partial charge in [-0.25, -0.2) is 0 Å². The molecule has 10 heavy (non-hydrogen) atoms. The first kappa shape index (κ1) is 8.02. The van der Waals surface area contributed by atoms with E-state index in [2.05, 4.69) is 24.5 Å². The van der Waals surface area contributed by atoms with Crippen LogP contribution in [0, 0.1) is 6.92 Å². The molecule has 59 valence electrons. The second-order valence-corrected chi connectivity index (χ2v) is 3.06. The summed E-state index contributed by atoms with van der Waals surface area (Å²) in [6, 6.07) is 1.30. The third kappa shape index (κ3) is 2.27. The van der Waals surface area contributed by atoms with Crippen molar-refractivity contribution in [3.63, 3.8) is 0 Å². The molecule has 1 fully saturated rings. The van der Waals surface area contributed by atoms with Crippen LogP contribution in [0.25, 0.3) is 0 Å². The van der Waals surface area contributed by atoms with E-state index in [-0.39, 0.29) is 0 Å². The molecule has 2 atom stereocenters. The van der Waals surface area contributed by atoms with Gasteiger partial charge in [0.15, 0.2) is 0 Å². The molecule has 0 aromatic carbocycles. The topological polar surface area (TPSA) is 24.1 Å². The zero-order valence-corrected chi connectivity index (χ0v) is 6.69. The van der Waals surface area contributed by atoms with Crippen LogP contribution in [-0.2, 0) is 0 Å². The second kappa shape index (κ2) is 3.94. The van der Waals surface area contributed by atoms with Crippen LogP contribution in [0.4, 0.5) is 0 Å². The van der Waals surface area contributed by atoms with Crippen molar-refractivity contribution in [1.29, 1.82) is 0 Å². The van der Waals surface area contributed by atoms with Crippen LogP contribution in [0.1, 0.15) is 19.8 Å². The van der Waals surface area contributed by atoms with Gasteiger partial charge in [-0.3, -0.25) is 0 Å². The van der Waals surface area contributed by atoms with Crippen molar-refractivity contribution in [2.45, 2.75) is 31.8 Å². The normalized spacial score (nSPS) is 34.2. The van der Waals surface area contributed by atoms with E-state index in [1.807, 2.05) is 0 Å². The van der Waals surface area contributed by atoms with Crippen LogP contribution >= 0.6 is 0 Å². The first-order valence-electron chi connectivity index (χ1n) is 4.09. The van der Waals surface area contributed by atoms with Gasteiger partial charge in [-0.1, -0.05) is 13.3 Å². The average Bonchev–Trinajstić information content (AvgIpc) is 1.95. The predicted molar refractivity (Wildman–Crippen MR) is 43.8 cm³/mol. The molecule has 1 radical (unpaired) electrons. The molecule has 1 rings (SSSR count). The SMILES string of the molecule is [CH2]CCC1CNC(C)CN1. The van der Waals surface area contributed by atoms with Crippen LogP contribution in [0.15, 0.2) is 0 Å². The third-order valence-electron chi connectivity index (χ3n) is 1.98. The highest BCUT2D eigenvalue weighted by Crippen LogP contribution is 1.99. The predicted octanol–water partition coefficient (Wildman–Crippen LogP) is 0.551. The van der Waals surface area contributed by atoms with E-state index in [1.54, 1.807) is 0 Å². The van der Waals surface area contributed by atoms with Gasteiger partial charge in [0, 0.05) is 25.2 Å². The molecule has 1 saturated heterocycles. The van der Waals surface area contributed by atoms with Crippen LogP contribution in [0.2, 0.25) is 0 Å². The monoisotopic (exact) mass is 141 g/mol. The largest absolute Gasteiger partial charge is 0.311 e. The third-order valence-corrected chi connectivity index (χ3v) is 1.98. The highest BCUT2D eigenvalue weighted by molar-refractivity contribution is 4.80. The molecule has 0 aromatic heterocycles. The number of hydrogen-bond acceptors (Lipinski definition) is 2. The van der Waals surface area contributed by atoms with Gasteiger partial charge >= 0.3 is 0 Å². The fraction of sp³-hybridized carbons (Fsp3) is 0.875. The lowest BCUT2D eigenvalue weighted by molar-refractivity contribution is 0.348. The average molecular weight is 141 g/mol. The highest BCUT2D eigenvalue weighted by Gasteiger charge is 2.14. The van der Waals surface area contributed by atoms with Crippen molar-refractivity contribution in [2.24, 2.45) is 0 Å². The molecule has 2 unspecified atom stereocenters. The highest BCUT2D eigenvalue weighted by atomic mass is 15.1. The number of rotatable bonds is 2. The molecule has 2 heteroatoms. The van der Waals surface area contributed by atoms with E-state index in [0.717, 1.165) is 19.5 Å². The summed E-state index contributed by atoms with van der Waals surface area (Å²) in [5, 5.41) is 6.89. The molecule has 0 amide bonds. The molecule has 0 aliphatic carbocycles. The van der Waals surface area contributed by atoms with Crippen LogP contribution in [0.3, 0.4) is 0 Å². The Hall–Kier alpha value is -0.0800. The van der Waals surface area contributed by atoms with Gasteiger partial charge < -0.3 is 10.6 Å². The van der Waals surface area contributed by atoms with Crippen molar-refractivity contribution < 1.29 is 0 Å². The van der Waals surface area contributed by atoms with Crippen molar-refractivity contribution >= 4 is 0 Å². The Morgan fingerprint density at radius 3 is 2.70 bits per heavy atom. The van der Waals surface area contributed by atoms with Gasteiger partial charge in [0.1, 0.15) is 0 Å². The van der Waals surface area contributed by atoms with Gasteiger partial charge in [0.25, 0.3) is 0 Å².